The molecular formula is C24H32BrNO4. The normalized spacial score (nSPS) is 12.1. The van der Waals surface area contributed by atoms with Crippen LogP contribution in [0.1, 0.15) is 45.2 Å². The molecule has 0 aliphatic rings. The van der Waals surface area contributed by atoms with Gasteiger partial charge in [0, 0.05) is 10.4 Å². The Hall–Kier alpha value is -2.21. The molecule has 0 aliphatic carbocycles. The standard InChI is InChI=1S/C24H32BrNO4/c1-15(2)29-20-10-6-17(7-11-20)12-19(24(26)27)9-8-18-13-23(30-16(3)4)22(28-5)14-21(18)25/h6-7,10-11,13-16,19H,8-9,12H2,1-5H3,(H2,26,27). The molecule has 0 aromatic heterocycles. The van der Waals surface area contributed by atoms with Crippen LogP contribution in [-0.4, -0.2) is 25.2 Å². The molecule has 0 saturated carbocycles. The maximum Gasteiger partial charge on any atom is 0.220 e. The summed E-state index contributed by atoms with van der Waals surface area (Å²) < 4.78 is 17.9. The van der Waals surface area contributed by atoms with Gasteiger partial charge in [-0.1, -0.05) is 28.1 Å². The highest BCUT2D eigenvalue weighted by Crippen LogP contribution is 2.35. The minimum Gasteiger partial charge on any atom is -0.493 e. The van der Waals surface area contributed by atoms with Gasteiger partial charge in [-0.05, 0) is 82.3 Å². The fourth-order valence-corrected chi connectivity index (χ4v) is 3.73. The second-order valence-corrected chi connectivity index (χ2v) is 8.77. The predicted octanol–water partition coefficient (Wildman–Crippen LogP) is 5.31. The van der Waals surface area contributed by atoms with Crippen molar-refractivity contribution >= 4 is 21.8 Å². The Morgan fingerprint density at radius 1 is 1.00 bits per heavy atom. The van der Waals surface area contributed by atoms with Crippen molar-refractivity contribution in [1.29, 1.82) is 0 Å². The summed E-state index contributed by atoms with van der Waals surface area (Å²) in [5.41, 5.74) is 7.82. The Bertz CT molecular complexity index is 834. The van der Waals surface area contributed by atoms with Crippen molar-refractivity contribution in [3.63, 3.8) is 0 Å². The van der Waals surface area contributed by atoms with Crippen LogP contribution in [0.25, 0.3) is 0 Å². The average molecular weight is 478 g/mol. The number of carbonyl (C=O) groups is 1. The third kappa shape index (κ3) is 7.24. The summed E-state index contributed by atoms with van der Waals surface area (Å²) in [6.45, 7) is 7.93. The van der Waals surface area contributed by atoms with Gasteiger partial charge in [-0.15, -0.1) is 0 Å². The van der Waals surface area contributed by atoms with Crippen molar-refractivity contribution in [2.45, 2.75) is 59.2 Å². The summed E-state index contributed by atoms with van der Waals surface area (Å²) in [6.07, 6.45) is 2.10. The monoisotopic (exact) mass is 477 g/mol. The minimum atomic E-state index is -0.291. The SMILES string of the molecule is COc1cc(Br)c(CCC(Cc2ccc(OC(C)C)cc2)C(N)=O)cc1OC(C)C. The molecule has 2 rings (SSSR count). The summed E-state index contributed by atoms with van der Waals surface area (Å²) in [5, 5.41) is 0. The maximum atomic E-state index is 12.1. The van der Waals surface area contributed by atoms with Crippen LogP contribution >= 0.6 is 15.9 Å². The highest BCUT2D eigenvalue weighted by Gasteiger charge is 2.18. The first-order valence-corrected chi connectivity index (χ1v) is 11.1. The molecule has 164 valence electrons. The van der Waals surface area contributed by atoms with Gasteiger partial charge in [-0.25, -0.2) is 0 Å². The molecule has 1 atom stereocenters. The van der Waals surface area contributed by atoms with Gasteiger partial charge in [0.25, 0.3) is 0 Å². The second kappa shape index (κ2) is 11.3. The Morgan fingerprint density at radius 3 is 2.17 bits per heavy atom. The molecule has 6 heteroatoms. The Labute approximate surface area is 188 Å². The van der Waals surface area contributed by atoms with Crippen LogP contribution in [0, 0.1) is 5.92 Å². The summed E-state index contributed by atoms with van der Waals surface area (Å²) >= 11 is 3.60. The molecule has 1 unspecified atom stereocenters. The van der Waals surface area contributed by atoms with Crippen molar-refractivity contribution in [3.05, 3.63) is 52.0 Å². The molecular weight excluding hydrogens is 446 g/mol. The zero-order valence-corrected chi connectivity index (χ0v) is 20.0. The number of ether oxygens (including phenoxy) is 3. The fraction of sp³-hybridized carbons (Fsp3) is 0.458. The summed E-state index contributed by atoms with van der Waals surface area (Å²) in [7, 11) is 1.62. The molecule has 0 radical (unpaired) electrons. The van der Waals surface area contributed by atoms with E-state index in [4.69, 9.17) is 19.9 Å². The largest absolute Gasteiger partial charge is 0.493 e. The smallest absolute Gasteiger partial charge is 0.220 e. The predicted molar refractivity (Wildman–Crippen MR) is 123 cm³/mol. The first kappa shape index (κ1) is 24.1. The molecule has 2 aromatic rings. The molecule has 5 nitrogen and oxygen atoms in total. The number of amides is 1. The van der Waals surface area contributed by atoms with Crippen LogP contribution in [0.5, 0.6) is 17.2 Å². The van der Waals surface area contributed by atoms with Crippen molar-refractivity contribution in [2.24, 2.45) is 11.7 Å². The van der Waals surface area contributed by atoms with Crippen LogP contribution < -0.4 is 19.9 Å². The second-order valence-electron chi connectivity index (χ2n) is 7.91. The fourth-order valence-electron chi connectivity index (χ4n) is 3.21. The Balaban J connectivity index is 2.10. The van der Waals surface area contributed by atoms with Crippen molar-refractivity contribution in [3.8, 4) is 17.2 Å². The number of methoxy groups -OCH3 is 1. The molecule has 2 aromatic carbocycles. The van der Waals surface area contributed by atoms with E-state index in [0.29, 0.717) is 30.8 Å². The van der Waals surface area contributed by atoms with Gasteiger partial charge in [0.05, 0.1) is 19.3 Å². The van der Waals surface area contributed by atoms with E-state index in [-0.39, 0.29) is 24.0 Å². The van der Waals surface area contributed by atoms with E-state index >= 15 is 0 Å². The highest BCUT2D eigenvalue weighted by atomic mass is 79.9. The van der Waals surface area contributed by atoms with E-state index in [1.54, 1.807) is 7.11 Å². The molecule has 0 spiro atoms. The number of hydrogen-bond acceptors (Lipinski definition) is 4. The number of primary amides is 1. The summed E-state index contributed by atoms with van der Waals surface area (Å²) in [4.78, 5) is 12.1. The lowest BCUT2D eigenvalue weighted by Crippen LogP contribution is -2.25. The number of nitrogens with two attached hydrogens (primary N) is 1. The van der Waals surface area contributed by atoms with Gasteiger partial charge in [-0.3, -0.25) is 4.79 Å². The molecule has 0 bridgehead atoms. The summed E-state index contributed by atoms with van der Waals surface area (Å²) in [5.74, 6) is 1.65. The molecule has 2 N–H and O–H groups in total. The van der Waals surface area contributed by atoms with Crippen LogP contribution in [0.2, 0.25) is 0 Å². The van der Waals surface area contributed by atoms with Crippen LogP contribution in [0.4, 0.5) is 0 Å². The molecule has 30 heavy (non-hydrogen) atoms. The molecule has 0 fully saturated rings. The average Bonchev–Trinajstić information content (AvgIpc) is 2.67. The van der Waals surface area contributed by atoms with E-state index < -0.39 is 0 Å². The number of aryl methyl sites for hydroxylation is 1. The number of benzene rings is 2. The van der Waals surface area contributed by atoms with E-state index in [9.17, 15) is 4.79 Å². The molecule has 1 amide bonds. The Morgan fingerprint density at radius 2 is 1.63 bits per heavy atom. The maximum absolute atomic E-state index is 12.1. The van der Waals surface area contributed by atoms with E-state index in [1.165, 1.54) is 0 Å². The third-order valence-corrected chi connectivity index (χ3v) is 5.38. The lowest BCUT2D eigenvalue weighted by atomic mass is 9.92. The first-order chi connectivity index (χ1) is 14.2. The van der Waals surface area contributed by atoms with Crippen molar-refractivity contribution in [1.82, 2.24) is 0 Å². The highest BCUT2D eigenvalue weighted by molar-refractivity contribution is 9.10. The quantitative estimate of drug-likeness (QED) is 0.475. The van der Waals surface area contributed by atoms with Crippen molar-refractivity contribution in [2.75, 3.05) is 7.11 Å². The lowest BCUT2D eigenvalue weighted by molar-refractivity contribution is -0.121. The molecule has 0 aliphatic heterocycles. The zero-order chi connectivity index (χ0) is 22.3. The molecule has 0 heterocycles. The topological polar surface area (TPSA) is 70.8 Å². The first-order valence-electron chi connectivity index (χ1n) is 10.3. The van der Waals surface area contributed by atoms with Crippen LogP contribution in [0.15, 0.2) is 40.9 Å². The molecule has 0 saturated heterocycles. The van der Waals surface area contributed by atoms with E-state index in [1.807, 2.05) is 64.1 Å². The van der Waals surface area contributed by atoms with Gasteiger partial charge in [0.1, 0.15) is 5.75 Å². The van der Waals surface area contributed by atoms with Gasteiger partial charge in [0.15, 0.2) is 11.5 Å². The number of halogens is 1. The number of rotatable bonds is 11. The van der Waals surface area contributed by atoms with Crippen LogP contribution in [-0.2, 0) is 17.6 Å². The number of hydrogen-bond donors (Lipinski definition) is 1. The van der Waals surface area contributed by atoms with E-state index in [2.05, 4.69) is 15.9 Å². The minimum absolute atomic E-state index is 0.0361. The zero-order valence-electron chi connectivity index (χ0n) is 18.4. The van der Waals surface area contributed by atoms with Gasteiger partial charge < -0.3 is 19.9 Å². The van der Waals surface area contributed by atoms with Gasteiger partial charge in [0.2, 0.25) is 5.91 Å². The lowest BCUT2D eigenvalue weighted by Gasteiger charge is -2.18. The van der Waals surface area contributed by atoms with E-state index in [0.717, 1.165) is 21.3 Å². The third-order valence-electron chi connectivity index (χ3n) is 4.64. The van der Waals surface area contributed by atoms with Gasteiger partial charge >= 0.3 is 0 Å². The summed E-state index contributed by atoms with van der Waals surface area (Å²) in [6, 6.07) is 11.7. The van der Waals surface area contributed by atoms with Gasteiger partial charge in [-0.2, -0.15) is 0 Å². The Kier molecular flexibility index (Phi) is 9.03. The van der Waals surface area contributed by atoms with Crippen LogP contribution in [0.3, 0.4) is 0 Å². The number of carbonyl (C=O) groups excluding carboxylic acids is 1. The van der Waals surface area contributed by atoms with Crippen molar-refractivity contribution < 1.29 is 19.0 Å².